The number of carbonyl (C=O) groups is 2. The number of unbranched alkanes of at least 4 members (excludes halogenated alkanes) is 24. The number of aliphatic hydroxyl groups is 1. The van der Waals surface area contributed by atoms with Crippen molar-refractivity contribution in [3.8, 4) is 0 Å². The third-order valence-corrected chi connectivity index (χ3v) is 10.6. The molecule has 322 valence electrons. The first-order chi connectivity index (χ1) is 26.6. The molecule has 0 aliphatic carbocycles. The molecule has 54 heavy (non-hydrogen) atoms. The van der Waals surface area contributed by atoms with Crippen LogP contribution in [0.1, 0.15) is 220 Å². The van der Waals surface area contributed by atoms with Crippen molar-refractivity contribution in [1.82, 2.24) is 4.90 Å². The van der Waals surface area contributed by atoms with Gasteiger partial charge in [-0.05, 0) is 64.5 Å². The number of esters is 1. The zero-order chi connectivity index (χ0) is 39.4. The molecule has 0 aromatic carbocycles. The van der Waals surface area contributed by atoms with Crippen molar-refractivity contribution in [2.75, 3.05) is 59.3 Å². The molecule has 0 unspecified atom stereocenters. The third kappa shape index (κ3) is 38.9. The standard InChI is InChI=1S/C46H91NO7/c1-4-7-10-13-16-17-18-23-31-40-53-46(50)54-41-32-25-29-36-47(37-42-51-43-38-48)35-28-22-19-24-30-39-52-45(49)44(33-26-20-14-11-8-5-2)34-27-21-15-12-9-6-3/h44,48H,4-43H2,1-3H3. The first-order valence-electron chi connectivity index (χ1n) is 23.5. The predicted octanol–water partition coefficient (Wildman–Crippen LogP) is 12.8. The highest BCUT2D eigenvalue weighted by Gasteiger charge is 2.19. The highest BCUT2D eigenvalue weighted by molar-refractivity contribution is 5.72. The lowest BCUT2D eigenvalue weighted by Crippen LogP contribution is -2.30. The molecule has 0 saturated carbocycles. The van der Waals surface area contributed by atoms with E-state index in [9.17, 15) is 9.59 Å². The van der Waals surface area contributed by atoms with Crippen molar-refractivity contribution >= 4 is 12.1 Å². The average molecular weight is 770 g/mol. The van der Waals surface area contributed by atoms with E-state index in [0.717, 1.165) is 110 Å². The summed E-state index contributed by atoms with van der Waals surface area (Å²) in [6, 6.07) is 0. The minimum atomic E-state index is -0.536. The van der Waals surface area contributed by atoms with Gasteiger partial charge < -0.3 is 29.0 Å². The van der Waals surface area contributed by atoms with E-state index in [1.165, 1.54) is 109 Å². The van der Waals surface area contributed by atoms with Crippen LogP contribution in [0.4, 0.5) is 4.79 Å². The second-order valence-electron chi connectivity index (χ2n) is 15.8. The van der Waals surface area contributed by atoms with Gasteiger partial charge in [0.2, 0.25) is 0 Å². The van der Waals surface area contributed by atoms with Gasteiger partial charge in [0, 0.05) is 6.54 Å². The molecule has 0 saturated heterocycles. The minimum absolute atomic E-state index is 0.0482. The Hall–Kier alpha value is -1.38. The summed E-state index contributed by atoms with van der Waals surface area (Å²) in [4.78, 5) is 27.4. The van der Waals surface area contributed by atoms with Gasteiger partial charge in [0.25, 0.3) is 0 Å². The Bertz CT molecular complexity index is 751. The number of carbonyl (C=O) groups excluding carboxylic acids is 2. The van der Waals surface area contributed by atoms with Crippen molar-refractivity contribution in [2.45, 2.75) is 220 Å². The van der Waals surface area contributed by atoms with E-state index in [1.807, 2.05) is 0 Å². The van der Waals surface area contributed by atoms with Crippen LogP contribution in [0.15, 0.2) is 0 Å². The summed E-state index contributed by atoms with van der Waals surface area (Å²) in [5, 5.41) is 9.06. The SMILES string of the molecule is CCCCCCCCCCCOC(=O)OCCCCCN(CCCCCCCOC(=O)C(CCCCCCCC)CCCCCCCC)CCOCCO. The van der Waals surface area contributed by atoms with Crippen molar-refractivity contribution in [2.24, 2.45) is 5.92 Å². The first kappa shape index (κ1) is 52.6. The molecule has 0 aliphatic rings. The fraction of sp³-hybridized carbons (Fsp3) is 0.957. The normalized spacial score (nSPS) is 11.5. The quantitative estimate of drug-likeness (QED) is 0.0483. The second kappa shape index (κ2) is 44.3. The number of hydrogen-bond donors (Lipinski definition) is 1. The van der Waals surface area contributed by atoms with Crippen LogP contribution in [0, 0.1) is 5.92 Å². The van der Waals surface area contributed by atoms with Crippen molar-refractivity contribution in [1.29, 1.82) is 0 Å². The van der Waals surface area contributed by atoms with E-state index in [4.69, 9.17) is 24.1 Å². The summed E-state index contributed by atoms with van der Waals surface area (Å²) in [6.45, 7) is 12.1. The summed E-state index contributed by atoms with van der Waals surface area (Å²) < 4.78 is 21.9. The van der Waals surface area contributed by atoms with Gasteiger partial charge in [-0.2, -0.15) is 0 Å². The molecule has 8 nitrogen and oxygen atoms in total. The van der Waals surface area contributed by atoms with Crippen LogP contribution >= 0.6 is 0 Å². The van der Waals surface area contributed by atoms with E-state index < -0.39 is 6.16 Å². The lowest BCUT2D eigenvalue weighted by molar-refractivity contribution is -0.149. The Kier molecular flexibility index (Phi) is 43.2. The molecule has 0 rings (SSSR count). The highest BCUT2D eigenvalue weighted by Crippen LogP contribution is 2.21. The van der Waals surface area contributed by atoms with Crippen LogP contribution in [0.3, 0.4) is 0 Å². The highest BCUT2D eigenvalue weighted by atomic mass is 16.7. The first-order valence-corrected chi connectivity index (χ1v) is 23.5. The molecule has 0 aromatic heterocycles. The molecule has 0 atom stereocenters. The molecule has 0 aliphatic heterocycles. The summed E-state index contributed by atoms with van der Waals surface area (Å²) in [5.74, 6) is 0.130. The van der Waals surface area contributed by atoms with E-state index in [2.05, 4.69) is 25.7 Å². The van der Waals surface area contributed by atoms with Crippen molar-refractivity contribution in [3.05, 3.63) is 0 Å². The van der Waals surface area contributed by atoms with Crippen LogP contribution in [-0.4, -0.2) is 81.4 Å². The lowest BCUT2D eigenvalue weighted by Gasteiger charge is -2.22. The largest absolute Gasteiger partial charge is 0.508 e. The number of rotatable bonds is 44. The fourth-order valence-electron chi connectivity index (χ4n) is 7.06. The van der Waals surface area contributed by atoms with Gasteiger partial charge in [-0.1, -0.05) is 168 Å². The average Bonchev–Trinajstić information content (AvgIpc) is 3.17. The minimum Gasteiger partial charge on any atom is -0.465 e. The smallest absolute Gasteiger partial charge is 0.465 e. The van der Waals surface area contributed by atoms with E-state index in [1.54, 1.807) is 0 Å². The summed E-state index contributed by atoms with van der Waals surface area (Å²) >= 11 is 0. The van der Waals surface area contributed by atoms with Gasteiger partial charge in [-0.3, -0.25) is 4.79 Å². The summed E-state index contributed by atoms with van der Waals surface area (Å²) in [6.07, 6.45) is 36.1. The van der Waals surface area contributed by atoms with Crippen LogP contribution < -0.4 is 0 Å². The zero-order valence-corrected chi connectivity index (χ0v) is 36.2. The lowest BCUT2D eigenvalue weighted by atomic mass is 9.94. The summed E-state index contributed by atoms with van der Waals surface area (Å²) in [5.41, 5.74) is 0. The predicted molar refractivity (Wildman–Crippen MR) is 226 cm³/mol. The fourth-order valence-corrected chi connectivity index (χ4v) is 7.06. The molecule has 0 fully saturated rings. The molecule has 0 heterocycles. The Morgan fingerprint density at radius 1 is 0.426 bits per heavy atom. The molecule has 1 N–H and O–H groups in total. The Labute approximate surface area is 334 Å². The number of hydrogen-bond acceptors (Lipinski definition) is 8. The topological polar surface area (TPSA) is 94.5 Å². The second-order valence-corrected chi connectivity index (χ2v) is 15.8. The van der Waals surface area contributed by atoms with E-state index >= 15 is 0 Å². The van der Waals surface area contributed by atoms with Gasteiger partial charge in [0.05, 0.1) is 45.6 Å². The third-order valence-electron chi connectivity index (χ3n) is 10.6. The van der Waals surface area contributed by atoms with Gasteiger partial charge >= 0.3 is 12.1 Å². The maximum atomic E-state index is 13.0. The molecule has 0 bridgehead atoms. The number of aliphatic hydroxyl groups excluding tert-OH is 1. The molecule has 0 amide bonds. The maximum absolute atomic E-state index is 13.0. The van der Waals surface area contributed by atoms with Gasteiger partial charge in [0.1, 0.15) is 0 Å². The number of ether oxygens (including phenoxy) is 4. The van der Waals surface area contributed by atoms with Crippen LogP contribution in [0.2, 0.25) is 0 Å². The van der Waals surface area contributed by atoms with E-state index in [-0.39, 0.29) is 18.5 Å². The zero-order valence-electron chi connectivity index (χ0n) is 36.2. The molecule has 8 heteroatoms. The van der Waals surface area contributed by atoms with Gasteiger partial charge in [-0.15, -0.1) is 0 Å². The van der Waals surface area contributed by atoms with Crippen molar-refractivity contribution in [3.63, 3.8) is 0 Å². The van der Waals surface area contributed by atoms with Crippen LogP contribution in [0.5, 0.6) is 0 Å². The summed E-state index contributed by atoms with van der Waals surface area (Å²) in [7, 11) is 0. The van der Waals surface area contributed by atoms with Crippen LogP contribution in [-0.2, 0) is 23.7 Å². The Balaban J connectivity index is 4.14. The monoisotopic (exact) mass is 770 g/mol. The maximum Gasteiger partial charge on any atom is 0.508 e. The Morgan fingerprint density at radius 3 is 1.24 bits per heavy atom. The van der Waals surface area contributed by atoms with Gasteiger partial charge in [0.15, 0.2) is 0 Å². The van der Waals surface area contributed by atoms with Crippen molar-refractivity contribution < 1.29 is 33.6 Å². The molecular formula is C46H91NO7. The molecular weight excluding hydrogens is 679 g/mol. The Morgan fingerprint density at radius 2 is 0.796 bits per heavy atom. The molecule has 0 radical (unpaired) electrons. The van der Waals surface area contributed by atoms with Gasteiger partial charge in [-0.25, -0.2) is 4.79 Å². The molecule has 0 spiro atoms. The van der Waals surface area contributed by atoms with E-state index in [0.29, 0.717) is 33.0 Å². The molecule has 0 aromatic rings. The van der Waals surface area contributed by atoms with Crippen LogP contribution in [0.25, 0.3) is 0 Å². The number of nitrogens with zero attached hydrogens (tertiary/aromatic N) is 1.